The van der Waals surface area contributed by atoms with Gasteiger partial charge in [-0.1, -0.05) is 31.2 Å². The molecule has 0 saturated carbocycles. The minimum absolute atomic E-state index is 0.228. The van der Waals surface area contributed by atoms with Crippen LogP contribution >= 0.6 is 11.5 Å². The Morgan fingerprint density at radius 3 is 2.97 bits per heavy atom. The van der Waals surface area contributed by atoms with Crippen molar-refractivity contribution in [2.45, 2.75) is 53.0 Å². The van der Waals surface area contributed by atoms with E-state index in [4.69, 9.17) is 9.37 Å². The fourth-order valence-electron chi connectivity index (χ4n) is 4.70. The molecule has 0 radical (unpaired) electrons. The van der Waals surface area contributed by atoms with Crippen LogP contribution in [0.2, 0.25) is 0 Å². The molecule has 154 valence electrons. The summed E-state index contributed by atoms with van der Waals surface area (Å²) in [5.41, 5.74) is 8.98. The van der Waals surface area contributed by atoms with Crippen molar-refractivity contribution < 1.29 is 0 Å². The van der Waals surface area contributed by atoms with Crippen molar-refractivity contribution in [3.63, 3.8) is 0 Å². The van der Waals surface area contributed by atoms with Gasteiger partial charge in [0.05, 0.1) is 17.6 Å². The van der Waals surface area contributed by atoms with E-state index >= 15 is 0 Å². The van der Waals surface area contributed by atoms with Gasteiger partial charge in [0, 0.05) is 47.3 Å². The Bertz CT molecular complexity index is 1120. The van der Waals surface area contributed by atoms with E-state index in [1.807, 2.05) is 17.1 Å². The van der Waals surface area contributed by atoms with E-state index in [-0.39, 0.29) is 5.92 Å². The first-order valence-corrected chi connectivity index (χ1v) is 11.7. The zero-order valence-corrected chi connectivity index (χ0v) is 18.7. The third-order valence-corrected chi connectivity index (χ3v) is 7.41. The van der Waals surface area contributed by atoms with E-state index in [1.54, 1.807) is 11.5 Å². The minimum atomic E-state index is 0.228. The highest BCUT2D eigenvalue weighted by molar-refractivity contribution is 7.06. The number of nitrogens with zero attached hydrogens (tertiary/aromatic N) is 4. The molecular weight excluding hydrogens is 388 g/mol. The van der Waals surface area contributed by atoms with Crippen LogP contribution in [0.1, 0.15) is 54.8 Å². The van der Waals surface area contributed by atoms with Gasteiger partial charge in [-0.05, 0) is 67.3 Å². The second-order valence-corrected chi connectivity index (χ2v) is 9.45. The van der Waals surface area contributed by atoms with E-state index in [2.05, 4.69) is 56.4 Å². The number of hydrogen-bond donors (Lipinski definition) is 0. The number of fused-ring (bicyclic) bond motifs is 1. The molecular formula is C25H28N4S. The van der Waals surface area contributed by atoms with Gasteiger partial charge in [-0.2, -0.15) is 9.47 Å². The average Bonchev–Trinajstić information content (AvgIpc) is 3.47. The molecule has 2 aliphatic carbocycles. The molecule has 2 aromatic heterocycles. The summed E-state index contributed by atoms with van der Waals surface area (Å²) < 4.78 is 6.70. The standard InChI is InChI=1S/C25H28N4S/c1-4-29-15-20(13-27-29)22-14-26-25-19(6-5-7-21(22)25)12-23-24(17(3)28-30-23)18-10-8-16(2)9-11-18/h5-7,10,13-16,21H,4,8-9,11-12H2,1-3H3. The Morgan fingerprint density at radius 2 is 2.20 bits per heavy atom. The summed E-state index contributed by atoms with van der Waals surface area (Å²) in [5.74, 6) is 1.03. The van der Waals surface area contributed by atoms with Crippen LogP contribution in [-0.4, -0.2) is 19.9 Å². The quantitative estimate of drug-likeness (QED) is 0.598. The van der Waals surface area contributed by atoms with Gasteiger partial charge in [-0.25, -0.2) is 0 Å². The summed E-state index contributed by atoms with van der Waals surface area (Å²) in [6.07, 6.45) is 19.8. The van der Waals surface area contributed by atoms with E-state index in [0.29, 0.717) is 0 Å². The summed E-state index contributed by atoms with van der Waals surface area (Å²) in [7, 11) is 0. The maximum Gasteiger partial charge on any atom is 0.0589 e. The SMILES string of the molecule is CCn1cc(C2=CN=C3C(Cc4snc(C)c4C4=CCC(C)CC4)=CC=CC23)cn1. The number of allylic oxidation sites excluding steroid dienone is 7. The summed E-state index contributed by atoms with van der Waals surface area (Å²) in [6, 6.07) is 0. The first kappa shape index (κ1) is 19.4. The van der Waals surface area contributed by atoms with Crippen LogP contribution < -0.4 is 0 Å². The van der Waals surface area contributed by atoms with Gasteiger partial charge >= 0.3 is 0 Å². The van der Waals surface area contributed by atoms with Crippen molar-refractivity contribution in [2.24, 2.45) is 16.8 Å². The van der Waals surface area contributed by atoms with Crippen LogP contribution in [0.3, 0.4) is 0 Å². The predicted octanol–water partition coefficient (Wildman–Crippen LogP) is 6.02. The van der Waals surface area contributed by atoms with Gasteiger partial charge in [0.25, 0.3) is 0 Å². The topological polar surface area (TPSA) is 43.1 Å². The second kappa shape index (κ2) is 7.95. The zero-order chi connectivity index (χ0) is 20.7. The van der Waals surface area contributed by atoms with Crippen molar-refractivity contribution in [1.82, 2.24) is 14.2 Å². The van der Waals surface area contributed by atoms with E-state index in [0.717, 1.165) is 18.9 Å². The second-order valence-electron chi connectivity index (χ2n) is 8.59. The molecule has 4 nitrogen and oxygen atoms in total. The molecule has 0 N–H and O–H groups in total. The highest BCUT2D eigenvalue weighted by Gasteiger charge is 2.30. The third kappa shape index (κ3) is 3.45. The van der Waals surface area contributed by atoms with Crippen LogP contribution in [-0.2, 0) is 13.0 Å². The number of aliphatic imine (C=N–C) groups is 1. The van der Waals surface area contributed by atoms with E-state index in [1.165, 1.54) is 63.4 Å². The molecule has 0 fully saturated rings. The Kier molecular flexibility index (Phi) is 5.15. The lowest BCUT2D eigenvalue weighted by molar-refractivity contribution is 0.533. The highest BCUT2D eigenvalue weighted by atomic mass is 32.1. The predicted molar refractivity (Wildman–Crippen MR) is 126 cm³/mol. The fourth-order valence-corrected chi connectivity index (χ4v) is 5.62. The number of aryl methyl sites for hydroxylation is 2. The summed E-state index contributed by atoms with van der Waals surface area (Å²) in [5, 5.41) is 4.45. The molecule has 0 aromatic carbocycles. The number of hydrogen-bond acceptors (Lipinski definition) is 4. The smallest absolute Gasteiger partial charge is 0.0589 e. The molecule has 2 unspecified atom stereocenters. The normalized spacial score (nSPS) is 23.0. The van der Waals surface area contributed by atoms with Gasteiger partial charge in [-0.15, -0.1) is 0 Å². The van der Waals surface area contributed by atoms with Gasteiger partial charge in [0.15, 0.2) is 0 Å². The van der Waals surface area contributed by atoms with Crippen molar-refractivity contribution in [2.75, 3.05) is 0 Å². The molecule has 3 aliphatic rings. The van der Waals surface area contributed by atoms with Crippen molar-refractivity contribution >= 4 is 28.4 Å². The lowest BCUT2D eigenvalue weighted by Gasteiger charge is -2.21. The molecule has 2 aromatic rings. The largest absolute Gasteiger partial charge is 0.272 e. The monoisotopic (exact) mass is 416 g/mol. The van der Waals surface area contributed by atoms with Gasteiger partial charge in [-0.3, -0.25) is 9.67 Å². The fraction of sp³-hybridized carbons (Fsp3) is 0.400. The summed E-state index contributed by atoms with van der Waals surface area (Å²) >= 11 is 1.66. The van der Waals surface area contributed by atoms with Crippen LogP contribution in [0.15, 0.2) is 53.5 Å². The molecule has 2 atom stereocenters. The minimum Gasteiger partial charge on any atom is -0.272 e. The van der Waals surface area contributed by atoms with Crippen LogP contribution in [0, 0.1) is 18.8 Å². The zero-order valence-electron chi connectivity index (χ0n) is 17.9. The maximum atomic E-state index is 4.85. The lowest BCUT2D eigenvalue weighted by atomic mass is 9.83. The van der Waals surface area contributed by atoms with Gasteiger partial charge in [0.2, 0.25) is 0 Å². The van der Waals surface area contributed by atoms with Crippen molar-refractivity contribution in [3.05, 3.63) is 70.2 Å². The lowest BCUT2D eigenvalue weighted by Crippen LogP contribution is -2.17. The summed E-state index contributed by atoms with van der Waals surface area (Å²) in [4.78, 5) is 6.23. The van der Waals surface area contributed by atoms with Gasteiger partial charge < -0.3 is 0 Å². The Hall–Kier alpha value is -2.53. The molecule has 3 heterocycles. The van der Waals surface area contributed by atoms with Crippen LogP contribution in [0.4, 0.5) is 0 Å². The van der Waals surface area contributed by atoms with Crippen LogP contribution in [0.25, 0.3) is 11.1 Å². The number of rotatable bonds is 5. The molecule has 5 heteroatoms. The molecule has 0 bridgehead atoms. The Morgan fingerprint density at radius 1 is 1.30 bits per heavy atom. The highest BCUT2D eigenvalue weighted by Crippen LogP contribution is 2.39. The van der Waals surface area contributed by atoms with Gasteiger partial charge in [0.1, 0.15) is 0 Å². The molecule has 30 heavy (non-hydrogen) atoms. The van der Waals surface area contributed by atoms with E-state index in [9.17, 15) is 0 Å². The first-order valence-electron chi connectivity index (χ1n) is 11.0. The molecule has 0 spiro atoms. The van der Waals surface area contributed by atoms with Crippen molar-refractivity contribution in [1.29, 1.82) is 0 Å². The van der Waals surface area contributed by atoms with Crippen LogP contribution in [0.5, 0.6) is 0 Å². The molecule has 1 aliphatic heterocycles. The van der Waals surface area contributed by atoms with E-state index < -0.39 is 0 Å². The third-order valence-electron chi connectivity index (χ3n) is 6.47. The first-order chi connectivity index (χ1) is 14.6. The number of aromatic nitrogens is 3. The molecule has 0 saturated heterocycles. The average molecular weight is 417 g/mol. The molecule has 5 rings (SSSR count). The Labute approximate surface area is 182 Å². The Balaban J connectivity index is 1.39. The van der Waals surface area contributed by atoms with Crippen molar-refractivity contribution in [3.8, 4) is 0 Å². The molecule has 0 amide bonds. The maximum absolute atomic E-state index is 4.85. The summed E-state index contributed by atoms with van der Waals surface area (Å²) in [6.45, 7) is 7.50.